The molecule has 9 heterocycles. The van der Waals surface area contributed by atoms with Crippen LogP contribution in [0.2, 0.25) is 5.15 Å². The Morgan fingerprint density at radius 1 is 0.720 bits per heavy atom. The number of halogens is 1. The Kier molecular flexibility index (Phi) is 8.14. The van der Waals surface area contributed by atoms with Gasteiger partial charge in [-0.3, -0.25) is 9.36 Å². The molecule has 4 N–H and O–H groups in total. The summed E-state index contributed by atoms with van der Waals surface area (Å²) >= 11 is 9.00. The second-order valence-corrected chi connectivity index (χ2v) is 13.9. The summed E-state index contributed by atoms with van der Waals surface area (Å²) in [7, 11) is 3.77. The zero-order valence-corrected chi connectivity index (χ0v) is 29.7. The Labute approximate surface area is 298 Å². The predicted molar refractivity (Wildman–Crippen MR) is 196 cm³/mol. The molecule has 0 bridgehead atoms. The number of fused-ring (bicyclic) bond motifs is 2. The van der Waals surface area contributed by atoms with Crippen LogP contribution in [0.3, 0.4) is 0 Å². The van der Waals surface area contributed by atoms with Gasteiger partial charge in [-0.1, -0.05) is 11.6 Å². The van der Waals surface area contributed by atoms with Crippen molar-refractivity contribution in [3.8, 4) is 22.3 Å². The van der Waals surface area contributed by atoms with E-state index in [4.69, 9.17) is 22.3 Å². The first-order valence-corrected chi connectivity index (χ1v) is 17.4. The lowest BCUT2D eigenvalue weighted by atomic mass is 10.1. The molecule has 0 spiro atoms. The monoisotopic (exact) mass is 726 g/mol. The molecule has 0 radical (unpaired) electrons. The zero-order valence-electron chi connectivity index (χ0n) is 27.4. The Hall–Kier alpha value is -5.43. The highest BCUT2D eigenvalue weighted by molar-refractivity contribution is 7.10. The molecule has 1 saturated heterocycles. The normalized spacial score (nSPS) is 13.1. The highest BCUT2D eigenvalue weighted by Gasteiger charge is 2.26. The van der Waals surface area contributed by atoms with Crippen LogP contribution in [0.15, 0.2) is 61.4 Å². The summed E-state index contributed by atoms with van der Waals surface area (Å²) in [6.07, 6.45) is 11.1. The van der Waals surface area contributed by atoms with Crippen LogP contribution in [0.4, 0.5) is 27.5 Å². The lowest BCUT2D eigenvalue weighted by Gasteiger charge is -2.38. The average molecular weight is 727 g/mol. The summed E-state index contributed by atoms with van der Waals surface area (Å²) in [6.45, 7) is 5.54. The summed E-state index contributed by atoms with van der Waals surface area (Å²) in [5, 5.41) is 26.5. The third kappa shape index (κ3) is 6.24. The summed E-state index contributed by atoms with van der Waals surface area (Å²) in [5.41, 5.74) is 13.1. The van der Waals surface area contributed by atoms with Crippen molar-refractivity contribution in [2.45, 2.75) is 19.9 Å². The number of aryl methyl sites for hydroxylation is 4. The van der Waals surface area contributed by atoms with E-state index in [1.165, 1.54) is 23.1 Å². The molecule has 0 unspecified atom stereocenters. The third-order valence-electron chi connectivity index (χ3n) is 7.92. The highest BCUT2D eigenvalue weighted by atomic mass is 35.5. The molecular formula is C31H31ClN16S2. The minimum absolute atomic E-state index is 0.200. The van der Waals surface area contributed by atoms with E-state index in [9.17, 15) is 0 Å². The molecule has 9 rings (SSSR count). The molecule has 0 saturated carbocycles. The van der Waals surface area contributed by atoms with Crippen molar-refractivity contribution < 1.29 is 0 Å². The molecule has 1 aliphatic heterocycles. The molecule has 50 heavy (non-hydrogen) atoms. The SMILES string of the molecule is Cc1cc(Nc2cc(Cl)nc3c(-c4cnn(C)c4)cnn23)sn1.Cc1cc(Nc2cc(N3CC(N)C3)nc3c(-c4cnn(C)c4)cnn23)sn1. The van der Waals surface area contributed by atoms with Crippen LogP contribution in [0.1, 0.15) is 11.4 Å². The van der Waals surface area contributed by atoms with Gasteiger partial charge in [-0.15, -0.1) is 0 Å². The van der Waals surface area contributed by atoms with Crippen molar-refractivity contribution in [2.75, 3.05) is 28.6 Å². The molecule has 19 heteroatoms. The number of nitrogens with two attached hydrogens (primary N) is 1. The second-order valence-electron chi connectivity index (χ2n) is 11.9. The van der Waals surface area contributed by atoms with E-state index in [0.717, 1.165) is 79.8 Å². The summed E-state index contributed by atoms with van der Waals surface area (Å²) in [4.78, 5) is 11.4. The van der Waals surface area contributed by atoms with Gasteiger partial charge < -0.3 is 21.3 Å². The summed E-state index contributed by atoms with van der Waals surface area (Å²) in [6, 6.07) is 7.93. The Bertz CT molecular complexity index is 2460. The molecular weight excluding hydrogens is 696 g/mol. The topological polar surface area (TPSA) is 175 Å². The van der Waals surface area contributed by atoms with Crippen molar-refractivity contribution >= 4 is 73.4 Å². The molecule has 1 aliphatic rings. The van der Waals surface area contributed by atoms with Gasteiger partial charge in [0.05, 0.1) is 36.2 Å². The minimum atomic E-state index is 0.200. The fraction of sp³-hybridized carbons (Fsp3) is 0.226. The van der Waals surface area contributed by atoms with Gasteiger partial charge in [0.2, 0.25) is 0 Å². The average Bonchev–Trinajstić information content (AvgIpc) is 3.91. The molecule has 8 aromatic heterocycles. The summed E-state index contributed by atoms with van der Waals surface area (Å²) in [5.74, 6) is 2.46. The molecule has 0 atom stereocenters. The highest BCUT2D eigenvalue weighted by Crippen LogP contribution is 2.32. The first kappa shape index (κ1) is 31.8. The zero-order chi connectivity index (χ0) is 34.5. The number of nitrogens with zero attached hydrogens (tertiary/aromatic N) is 13. The Morgan fingerprint density at radius 3 is 1.70 bits per heavy atom. The standard InChI is InChI=1S/C17H19N9S.C14H12ClN7S/c1-10-3-16(27-23-10)21-15-4-14(25-8-12(18)9-25)22-17-13(6-20-26(15)17)11-5-19-24(2)7-11;1-8-3-13(23-20-8)19-12-4-11(15)18-14-10(6-17-22(12)14)9-5-16-21(2)7-9/h3-7,12,21H,8-9,18H2,1-2H3;3-7,19H,1-2H3. The molecule has 0 amide bonds. The number of hydrogen-bond donors (Lipinski definition) is 3. The predicted octanol–water partition coefficient (Wildman–Crippen LogP) is 5.08. The van der Waals surface area contributed by atoms with Crippen LogP contribution in [0.5, 0.6) is 0 Å². The molecule has 16 nitrogen and oxygen atoms in total. The molecule has 0 aromatic carbocycles. The maximum absolute atomic E-state index is 6.19. The van der Waals surface area contributed by atoms with Crippen LogP contribution in [-0.4, -0.2) is 76.6 Å². The van der Waals surface area contributed by atoms with E-state index in [0.29, 0.717) is 10.8 Å². The summed E-state index contributed by atoms with van der Waals surface area (Å²) < 4.78 is 15.7. The molecule has 0 aliphatic carbocycles. The maximum atomic E-state index is 6.19. The van der Waals surface area contributed by atoms with E-state index in [-0.39, 0.29) is 6.04 Å². The van der Waals surface area contributed by atoms with Gasteiger partial charge in [0.15, 0.2) is 11.3 Å². The van der Waals surface area contributed by atoms with E-state index < -0.39 is 0 Å². The third-order valence-corrected chi connectivity index (χ3v) is 9.71. The number of aromatic nitrogens is 12. The van der Waals surface area contributed by atoms with Gasteiger partial charge in [-0.2, -0.15) is 38.2 Å². The number of nitrogens with one attached hydrogen (secondary N) is 2. The van der Waals surface area contributed by atoms with Crippen LogP contribution in [0, 0.1) is 13.8 Å². The largest absolute Gasteiger partial charge is 0.353 e. The van der Waals surface area contributed by atoms with Gasteiger partial charge in [-0.05, 0) is 49.0 Å². The van der Waals surface area contributed by atoms with E-state index in [1.807, 2.05) is 75.4 Å². The molecule has 1 fully saturated rings. The lowest BCUT2D eigenvalue weighted by Crippen LogP contribution is -2.56. The first-order chi connectivity index (χ1) is 24.2. The van der Waals surface area contributed by atoms with Crippen molar-refractivity contribution in [3.05, 3.63) is 78.0 Å². The Balaban J connectivity index is 0.000000146. The van der Waals surface area contributed by atoms with Crippen molar-refractivity contribution in [1.82, 2.24) is 57.5 Å². The van der Waals surface area contributed by atoms with Crippen molar-refractivity contribution in [3.63, 3.8) is 0 Å². The van der Waals surface area contributed by atoms with Crippen LogP contribution >= 0.6 is 34.7 Å². The van der Waals surface area contributed by atoms with Gasteiger partial charge in [-0.25, -0.2) is 9.97 Å². The minimum Gasteiger partial charge on any atom is -0.353 e. The fourth-order valence-corrected chi connectivity index (χ4v) is 7.07. The molecule has 254 valence electrons. The Morgan fingerprint density at radius 2 is 1.24 bits per heavy atom. The first-order valence-electron chi connectivity index (χ1n) is 15.5. The van der Waals surface area contributed by atoms with Crippen LogP contribution < -0.4 is 21.3 Å². The van der Waals surface area contributed by atoms with Gasteiger partial charge >= 0.3 is 0 Å². The number of rotatable bonds is 7. The van der Waals surface area contributed by atoms with Gasteiger partial charge in [0.25, 0.3) is 0 Å². The smallest absolute Gasteiger partial charge is 0.167 e. The second kappa shape index (κ2) is 12.8. The van der Waals surface area contributed by atoms with E-state index in [1.54, 1.807) is 32.3 Å². The fourth-order valence-electron chi connectivity index (χ4n) is 5.55. The molecule has 8 aromatic rings. The maximum Gasteiger partial charge on any atom is 0.167 e. The quantitative estimate of drug-likeness (QED) is 0.186. The van der Waals surface area contributed by atoms with Crippen LogP contribution in [-0.2, 0) is 14.1 Å². The lowest BCUT2D eigenvalue weighted by molar-refractivity contribution is 0.514. The van der Waals surface area contributed by atoms with Crippen LogP contribution in [0.25, 0.3) is 33.5 Å². The van der Waals surface area contributed by atoms with Crippen molar-refractivity contribution in [1.29, 1.82) is 0 Å². The van der Waals surface area contributed by atoms with E-state index in [2.05, 4.69) is 49.7 Å². The number of anilines is 5. The van der Waals surface area contributed by atoms with E-state index >= 15 is 0 Å². The number of hydrogen-bond acceptors (Lipinski definition) is 14. The van der Waals surface area contributed by atoms with Gasteiger partial charge in [0, 0.05) is 80.0 Å². The van der Waals surface area contributed by atoms with Crippen molar-refractivity contribution in [2.24, 2.45) is 19.8 Å². The van der Waals surface area contributed by atoms with Gasteiger partial charge in [0.1, 0.15) is 32.6 Å².